The molecule has 2 heterocycles. The number of rotatable bonds is 7. The van der Waals surface area contributed by atoms with Crippen LogP contribution in [0.5, 0.6) is 17.2 Å². The van der Waals surface area contributed by atoms with Gasteiger partial charge in [0.05, 0.1) is 39.5 Å². The Morgan fingerprint density at radius 2 is 1.85 bits per heavy atom. The van der Waals surface area contributed by atoms with Gasteiger partial charge in [0.25, 0.3) is 0 Å². The molecule has 0 aliphatic carbocycles. The molecular weight excluding hydrogens is 432 g/mol. The van der Waals surface area contributed by atoms with Gasteiger partial charge in [-0.25, -0.2) is 0 Å². The summed E-state index contributed by atoms with van der Waals surface area (Å²) in [6.45, 7) is 3.82. The van der Waals surface area contributed by atoms with Crippen LogP contribution in [0.3, 0.4) is 0 Å². The monoisotopic (exact) mass is 458 g/mol. The van der Waals surface area contributed by atoms with Crippen LogP contribution in [0.1, 0.15) is 18.1 Å². The lowest BCUT2D eigenvalue weighted by Crippen LogP contribution is -2.08. The molecule has 0 fully saturated rings. The van der Waals surface area contributed by atoms with E-state index in [0.29, 0.717) is 22.9 Å². The molecule has 34 heavy (non-hydrogen) atoms. The Morgan fingerprint density at radius 1 is 1.06 bits per heavy atom. The third-order valence-electron chi connectivity index (χ3n) is 5.64. The van der Waals surface area contributed by atoms with E-state index in [1.54, 1.807) is 58.2 Å². The largest absolute Gasteiger partial charge is 0.496 e. The van der Waals surface area contributed by atoms with Gasteiger partial charge in [0, 0.05) is 34.3 Å². The number of benzene rings is 2. The minimum Gasteiger partial charge on any atom is -0.496 e. The zero-order chi connectivity index (χ0) is 24.2. The van der Waals surface area contributed by atoms with E-state index < -0.39 is 0 Å². The lowest BCUT2D eigenvalue weighted by atomic mass is 9.96. The van der Waals surface area contributed by atoms with Gasteiger partial charge in [-0.05, 0) is 55.3 Å². The molecule has 2 aromatic carbocycles. The van der Waals surface area contributed by atoms with Crippen molar-refractivity contribution in [3.63, 3.8) is 0 Å². The van der Waals surface area contributed by atoms with Crippen molar-refractivity contribution in [3.8, 4) is 28.4 Å². The summed E-state index contributed by atoms with van der Waals surface area (Å²) < 4.78 is 22.5. The Bertz CT molecular complexity index is 1370. The van der Waals surface area contributed by atoms with Crippen molar-refractivity contribution in [1.82, 2.24) is 4.98 Å². The fourth-order valence-corrected chi connectivity index (χ4v) is 3.99. The van der Waals surface area contributed by atoms with Crippen molar-refractivity contribution in [2.75, 3.05) is 26.6 Å². The van der Waals surface area contributed by atoms with Crippen molar-refractivity contribution in [2.24, 2.45) is 0 Å². The molecule has 0 saturated heterocycles. The van der Waals surface area contributed by atoms with E-state index in [9.17, 15) is 4.79 Å². The van der Waals surface area contributed by atoms with E-state index >= 15 is 0 Å². The number of methoxy groups -OCH3 is 3. The van der Waals surface area contributed by atoms with Crippen LogP contribution in [0.2, 0.25) is 0 Å². The molecular formula is C27H26N2O5. The lowest BCUT2D eigenvalue weighted by Gasteiger charge is -2.14. The molecule has 0 aliphatic heterocycles. The number of allylic oxidation sites excluding steroid dienone is 1. The molecule has 7 heteroatoms. The number of fused-ring (bicyclic) bond motifs is 1. The Balaban J connectivity index is 1.79. The normalized spacial score (nSPS) is 11.4. The molecule has 0 atom stereocenters. The van der Waals surface area contributed by atoms with Gasteiger partial charge >= 0.3 is 0 Å². The van der Waals surface area contributed by atoms with Crippen LogP contribution in [0.4, 0.5) is 5.69 Å². The van der Waals surface area contributed by atoms with Gasteiger partial charge < -0.3 is 23.9 Å². The number of pyridine rings is 1. The van der Waals surface area contributed by atoms with Crippen LogP contribution in [-0.4, -0.2) is 32.2 Å². The lowest BCUT2D eigenvalue weighted by molar-refractivity contribution is -0.111. The molecule has 0 radical (unpaired) electrons. The van der Waals surface area contributed by atoms with Crippen LogP contribution in [0.15, 0.2) is 65.5 Å². The first-order valence-corrected chi connectivity index (χ1v) is 10.7. The van der Waals surface area contributed by atoms with Gasteiger partial charge in [0.1, 0.15) is 11.3 Å². The zero-order valence-corrected chi connectivity index (χ0v) is 19.8. The predicted molar refractivity (Wildman–Crippen MR) is 133 cm³/mol. The highest BCUT2D eigenvalue weighted by Crippen LogP contribution is 2.42. The highest BCUT2D eigenvalue weighted by atomic mass is 16.5. The first-order chi connectivity index (χ1) is 16.5. The standard InChI is InChI=1S/C27H26N2O5/c1-16(11-25(30)29-19-7-6-10-28-14-19)20-13-21-22(15-34-27(21)17(2)26(20)33-5)18-8-9-23(31-3)24(12-18)32-4/h6-15H,1-5H3,(H,29,30)/b16-11+. The Hall–Kier alpha value is -4.26. The summed E-state index contributed by atoms with van der Waals surface area (Å²) in [5.74, 6) is 1.68. The maximum absolute atomic E-state index is 12.6. The Labute approximate surface area is 198 Å². The minimum absolute atomic E-state index is 0.252. The summed E-state index contributed by atoms with van der Waals surface area (Å²) in [7, 11) is 4.82. The molecule has 0 bridgehead atoms. The van der Waals surface area contributed by atoms with Crippen molar-refractivity contribution in [3.05, 3.63) is 72.3 Å². The summed E-state index contributed by atoms with van der Waals surface area (Å²) in [6.07, 6.45) is 6.52. The number of aromatic nitrogens is 1. The molecule has 4 aromatic rings. The average molecular weight is 459 g/mol. The van der Waals surface area contributed by atoms with Crippen LogP contribution in [0.25, 0.3) is 27.7 Å². The highest BCUT2D eigenvalue weighted by Gasteiger charge is 2.19. The number of nitrogens with one attached hydrogen (secondary N) is 1. The van der Waals surface area contributed by atoms with Gasteiger partial charge in [-0.1, -0.05) is 6.07 Å². The van der Waals surface area contributed by atoms with Crippen LogP contribution in [-0.2, 0) is 4.79 Å². The average Bonchev–Trinajstić information content (AvgIpc) is 3.28. The molecule has 0 aliphatic rings. The summed E-state index contributed by atoms with van der Waals surface area (Å²) >= 11 is 0. The van der Waals surface area contributed by atoms with Crippen molar-refractivity contribution in [1.29, 1.82) is 0 Å². The third-order valence-corrected chi connectivity index (χ3v) is 5.64. The SMILES string of the molecule is COc1ccc(-c2coc3c(C)c(OC)c(/C(C)=C/C(=O)Nc4cccnc4)cc23)cc1OC. The minimum atomic E-state index is -0.252. The maximum atomic E-state index is 12.6. The van der Waals surface area contributed by atoms with E-state index in [-0.39, 0.29) is 5.91 Å². The van der Waals surface area contributed by atoms with Gasteiger partial charge in [0.2, 0.25) is 5.91 Å². The van der Waals surface area contributed by atoms with Crippen molar-refractivity contribution < 1.29 is 23.4 Å². The summed E-state index contributed by atoms with van der Waals surface area (Å²) in [4.78, 5) is 16.6. The summed E-state index contributed by atoms with van der Waals surface area (Å²) in [5.41, 5.74) is 5.57. The number of aryl methyl sites for hydroxylation is 1. The van der Waals surface area contributed by atoms with Crippen LogP contribution in [0, 0.1) is 6.92 Å². The summed E-state index contributed by atoms with van der Waals surface area (Å²) in [5, 5.41) is 3.73. The number of furan rings is 1. The Kier molecular flexibility index (Phi) is 6.54. The van der Waals surface area contributed by atoms with Crippen LogP contribution < -0.4 is 19.5 Å². The van der Waals surface area contributed by atoms with Gasteiger partial charge in [0.15, 0.2) is 11.5 Å². The maximum Gasteiger partial charge on any atom is 0.248 e. The second-order valence-corrected chi connectivity index (χ2v) is 7.74. The number of amides is 1. The quantitative estimate of drug-likeness (QED) is 0.349. The second kappa shape index (κ2) is 9.70. The first kappa shape index (κ1) is 22.9. The van der Waals surface area contributed by atoms with Crippen LogP contribution >= 0.6 is 0 Å². The molecule has 1 amide bonds. The number of hydrogen-bond acceptors (Lipinski definition) is 6. The molecule has 1 N–H and O–H groups in total. The number of nitrogens with zero attached hydrogens (tertiary/aromatic N) is 1. The molecule has 0 spiro atoms. The smallest absolute Gasteiger partial charge is 0.248 e. The van der Waals surface area contributed by atoms with Gasteiger partial charge in [-0.3, -0.25) is 9.78 Å². The number of anilines is 1. The van der Waals surface area contributed by atoms with Crippen molar-refractivity contribution in [2.45, 2.75) is 13.8 Å². The molecule has 174 valence electrons. The molecule has 4 rings (SSSR count). The topological polar surface area (TPSA) is 82.8 Å². The fraction of sp³-hybridized carbons (Fsp3) is 0.185. The fourth-order valence-electron chi connectivity index (χ4n) is 3.99. The van der Waals surface area contributed by atoms with E-state index in [4.69, 9.17) is 18.6 Å². The molecule has 0 saturated carbocycles. The molecule has 0 unspecified atom stereocenters. The molecule has 2 aromatic heterocycles. The first-order valence-electron chi connectivity index (χ1n) is 10.7. The number of ether oxygens (including phenoxy) is 3. The predicted octanol–water partition coefficient (Wildman–Crippen LogP) is 5.87. The Morgan fingerprint density at radius 3 is 2.53 bits per heavy atom. The van der Waals surface area contributed by atoms with E-state index in [1.165, 1.54) is 0 Å². The van der Waals surface area contributed by atoms with Crippen molar-refractivity contribution >= 4 is 28.1 Å². The third kappa shape index (κ3) is 4.32. The van der Waals surface area contributed by atoms with Gasteiger partial charge in [-0.15, -0.1) is 0 Å². The van der Waals surface area contributed by atoms with E-state index in [1.807, 2.05) is 38.1 Å². The second-order valence-electron chi connectivity index (χ2n) is 7.74. The molecule has 7 nitrogen and oxygen atoms in total. The van der Waals surface area contributed by atoms with Gasteiger partial charge in [-0.2, -0.15) is 0 Å². The number of hydrogen-bond donors (Lipinski definition) is 1. The number of carbonyl (C=O) groups is 1. The number of carbonyl (C=O) groups excluding carboxylic acids is 1. The zero-order valence-electron chi connectivity index (χ0n) is 19.8. The summed E-state index contributed by atoms with van der Waals surface area (Å²) in [6, 6.07) is 11.3. The highest BCUT2D eigenvalue weighted by molar-refractivity contribution is 6.06. The van der Waals surface area contributed by atoms with E-state index in [2.05, 4.69) is 10.3 Å². The van der Waals surface area contributed by atoms with E-state index in [0.717, 1.165) is 38.8 Å².